The number of nitrogens with one attached hydrogen (secondary N) is 2. The lowest BCUT2D eigenvalue weighted by atomic mass is 10.2. The molecule has 2 N–H and O–H groups in total. The van der Waals surface area contributed by atoms with Gasteiger partial charge in [0.25, 0.3) is 5.91 Å². The Balaban J connectivity index is 1.76. The molecular formula is C22H31N3O5. The van der Waals surface area contributed by atoms with E-state index < -0.39 is 11.7 Å². The highest BCUT2D eigenvalue weighted by atomic mass is 16.6. The zero-order valence-corrected chi connectivity index (χ0v) is 18.1. The van der Waals surface area contributed by atoms with E-state index in [0.29, 0.717) is 25.6 Å². The summed E-state index contributed by atoms with van der Waals surface area (Å²) >= 11 is 0. The number of hydrogen-bond acceptors (Lipinski definition) is 6. The van der Waals surface area contributed by atoms with Crippen molar-refractivity contribution >= 4 is 12.0 Å². The van der Waals surface area contributed by atoms with Crippen LogP contribution in [-0.2, 0) is 4.74 Å². The molecule has 0 atom stereocenters. The number of carbonyl (C=O) groups excluding carboxylic acids is 2. The molecule has 0 bridgehead atoms. The van der Waals surface area contributed by atoms with Crippen molar-refractivity contribution in [3.63, 3.8) is 0 Å². The third-order valence-electron chi connectivity index (χ3n) is 3.91. The van der Waals surface area contributed by atoms with Gasteiger partial charge in [0.15, 0.2) is 0 Å². The van der Waals surface area contributed by atoms with Crippen LogP contribution in [0.1, 0.15) is 57.4 Å². The number of alkyl carbamates (subject to hydrolysis) is 1. The van der Waals surface area contributed by atoms with Gasteiger partial charge in [0.05, 0.1) is 6.61 Å². The molecule has 2 rings (SSSR count). The maximum Gasteiger partial charge on any atom is 0.407 e. The number of benzene rings is 1. The minimum atomic E-state index is -0.504. The summed E-state index contributed by atoms with van der Waals surface area (Å²) in [5.41, 5.74) is 0.410. The van der Waals surface area contributed by atoms with Crippen LogP contribution in [0.4, 0.5) is 4.79 Å². The van der Waals surface area contributed by atoms with Crippen LogP contribution in [0.5, 0.6) is 5.95 Å². The summed E-state index contributed by atoms with van der Waals surface area (Å²) in [6.07, 6.45) is 2.00. The monoisotopic (exact) mass is 417 g/mol. The fourth-order valence-electron chi connectivity index (χ4n) is 2.60. The normalized spacial score (nSPS) is 11.1. The van der Waals surface area contributed by atoms with E-state index in [1.165, 1.54) is 0 Å². The van der Waals surface area contributed by atoms with E-state index in [2.05, 4.69) is 15.6 Å². The SMILES string of the molecule is CCOc1oc(-c2ccccc2)nc1C(=O)NCCCCCNC(=O)OC(C)(C)C. The number of hydrogen-bond donors (Lipinski definition) is 2. The molecule has 0 unspecified atom stereocenters. The molecule has 30 heavy (non-hydrogen) atoms. The van der Waals surface area contributed by atoms with Crippen molar-refractivity contribution in [2.45, 2.75) is 52.6 Å². The lowest BCUT2D eigenvalue weighted by Gasteiger charge is -2.19. The van der Waals surface area contributed by atoms with Gasteiger partial charge < -0.3 is 24.5 Å². The zero-order valence-electron chi connectivity index (χ0n) is 18.1. The summed E-state index contributed by atoms with van der Waals surface area (Å²) in [7, 11) is 0. The van der Waals surface area contributed by atoms with E-state index in [4.69, 9.17) is 13.9 Å². The predicted molar refractivity (Wildman–Crippen MR) is 114 cm³/mol. The van der Waals surface area contributed by atoms with Crippen LogP contribution in [0.15, 0.2) is 34.7 Å². The molecule has 0 aliphatic rings. The Kier molecular flexibility index (Phi) is 8.70. The summed E-state index contributed by atoms with van der Waals surface area (Å²) in [5.74, 6) is 0.129. The van der Waals surface area contributed by atoms with E-state index in [9.17, 15) is 9.59 Å². The maximum absolute atomic E-state index is 12.5. The van der Waals surface area contributed by atoms with E-state index in [1.807, 2.05) is 58.0 Å². The Hall–Kier alpha value is -3.03. The quantitative estimate of drug-likeness (QED) is 0.563. The second-order valence-electron chi connectivity index (χ2n) is 7.70. The van der Waals surface area contributed by atoms with Gasteiger partial charge in [0, 0.05) is 18.7 Å². The molecule has 1 aromatic heterocycles. The van der Waals surface area contributed by atoms with Gasteiger partial charge >= 0.3 is 12.0 Å². The van der Waals surface area contributed by atoms with Crippen LogP contribution < -0.4 is 15.4 Å². The lowest BCUT2D eigenvalue weighted by Crippen LogP contribution is -2.33. The van der Waals surface area contributed by atoms with Gasteiger partial charge in [-0.15, -0.1) is 0 Å². The molecule has 2 aromatic rings. The molecule has 164 valence electrons. The van der Waals surface area contributed by atoms with E-state index in [0.717, 1.165) is 24.8 Å². The second-order valence-corrected chi connectivity index (χ2v) is 7.70. The molecule has 1 heterocycles. The highest BCUT2D eigenvalue weighted by Crippen LogP contribution is 2.27. The standard InChI is InChI=1S/C22H31N3O5/c1-5-28-20-17(25-19(29-20)16-12-8-6-9-13-16)18(26)23-14-10-7-11-15-24-21(27)30-22(2,3)4/h6,8-9,12-13H,5,7,10-11,14-15H2,1-4H3,(H,23,26)(H,24,27). The molecule has 2 amide bonds. The Bertz CT molecular complexity index is 812. The lowest BCUT2D eigenvalue weighted by molar-refractivity contribution is 0.0527. The van der Waals surface area contributed by atoms with Gasteiger partial charge in [-0.05, 0) is 59.1 Å². The van der Waals surface area contributed by atoms with Crippen molar-refractivity contribution in [3.05, 3.63) is 36.0 Å². The smallest absolute Gasteiger partial charge is 0.407 e. The molecule has 1 aromatic carbocycles. The Morgan fingerprint density at radius 1 is 1.03 bits per heavy atom. The summed E-state index contributed by atoms with van der Waals surface area (Å²) in [6, 6.07) is 9.35. The van der Waals surface area contributed by atoms with Gasteiger partial charge in [-0.25, -0.2) is 4.79 Å². The average Bonchev–Trinajstić information content (AvgIpc) is 3.11. The molecule has 0 saturated carbocycles. The van der Waals surface area contributed by atoms with Crippen LogP contribution in [0.2, 0.25) is 0 Å². The molecule has 0 aliphatic heterocycles. The van der Waals surface area contributed by atoms with Crippen molar-refractivity contribution in [1.29, 1.82) is 0 Å². The topological polar surface area (TPSA) is 103 Å². The minimum absolute atomic E-state index is 0.121. The summed E-state index contributed by atoms with van der Waals surface area (Å²) in [4.78, 5) is 28.4. The number of nitrogens with zero attached hydrogens (tertiary/aromatic N) is 1. The van der Waals surface area contributed by atoms with Crippen molar-refractivity contribution in [3.8, 4) is 17.4 Å². The summed E-state index contributed by atoms with van der Waals surface area (Å²) < 4.78 is 16.2. The Labute approximate surface area is 177 Å². The highest BCUT2D eigenvalue weighted by molar-refractivity contribution is 5.94. The summed E-state index contributed by atoms with van der Waals surface area (Å²) in [5, 5.41) is 5.56. The maximum atomic E-state index is 12.5. The predicted octanol–water partition coefficient (Wildman–Crippen LogP) is 4.17. The van der Waals surface area contributed by atoms with Gasteiger partial charge in [0.1, 0.15) is 5.60 Å². The van der Waals surface area contributed by atoms with Crippen LogP contribution in [-0.4, -0.2) is 42.3 Å². The highest BCUT2D eigenvalue weighted by Gasteiger charge is 2.22. The number of unbranched alkanes of at least 4 members (excludes halogenated alkanes) is 2. The minimum Gasteiger partial charge on any atom is -0.464 e. The largest absolute Gasteiger partial charge is 0.464 e. The number of rotatable bonds is 10. The van der Waals surface area contributed by atoms with Crippen molar-refractivity contribution in [2.75, 3.05) is 19.7 Å². The first-order valence-corrected chi connectivity index (χ1v) is 10.2. The molecular weight excluding hydrogens is 386 g/mol. The Morgan fingerprint density at radius 3 is 2.33 bits per heavy atom. The van der Waals surface area contributed by atoms with Gasteiger partial charge in [0.2, 0.25) is 11.6 Å². The first-order chi connectivity index (χ1) is 14.3. The molecule has 0 spiro atoms. The van der Waals surface area contributed by atoms with Gasteiger partial charge in [-0.1, -0.05) is 18.2 Å². The number of oxazole rings is 1. The molecule has 8 nitrogen and oxygen atoms in total. The van der Waals surface area contributed by atoms with Crippen molar-refractivity contribution in [2.24, 2.45) is 0 Å². The second kappa shape index (κ2) is 11.2. The van der Waals surface area contributed by atoms with Crippen LogP contribution in [0.3, 0.4) is 0 Å². The third kappa shape index (κ3) is 7.77. The number of aromatic nitrogens is 1. The first kappa shape index (κ1) is 23.3. The van der Waals surface area contributed by atoms with Crippen LogP contribution in [0, 0.1) is 0 Å². The van der Waals surface area contributed by atoms with Crippen molar-refractivity contribution in [1.82, 2.24) is 15.6 Å². The molecule has 0 saturated heterocycles. The van der Waals surface area contributed by atoms with Gasteiger partial charge in [-0.2, -0.15) is 4.98 Å². The van der Waals surface area contributed by atoms with Crippen molar-refractivity contribution < 1.29 is 23.5 Å². The van der Waals surface area contributed by atoms with Gasteiger partial charge in [-0.3, -0.25) is 4.79 Å². The van der Waals surface area contributed by atoms with E-state index >= 15 is 0 Å². The first-order valence-electron chi connectivity index (χ1n) is 10.2. The molecule has 0 radical (unpaired) electrons. The van der Waals surface area contributed by atoms with Crippen LogP contribution >= 0.6 is 0 Å². The van der Waals surface area contributed by atoms with E-state index in [-0.39, 0.29) is 17.5 Å². The third-order valence-corrected chi connectivity index (χ3v) is 3.91. The average molecular weight is 418 g/mol. The molecule has 8 heteroatoms. The molecule has 0 aliphatic carbocycles. The fraction of sp³-hybridized carbons (Fsp3) is 0.500. The molecule has 0 fully saturated rings. The van der Waals surface area contributed by atoms with Crippen LogP contribution in [0.25, 0.3) is 11.5 Å². The Morgan fingerprint density at radius 2 is 1.70 bits per heavy atom. The van der Waals surface area contributed by atoms with E-state index in [1.54, 1.807) is 0 Å². The summed E-state index contributed by atoms with van der Waals surface area (Å²) in [6.45, 7) is 8.68. The number of carbonyl (C=O) groups is 2. The fourth-order valence-corrected chi connectivity index (χ4v) is 2.60. The number of ether oxygens (including phenoxy) is 2. The zero-order chi connectivity index (χ0) is 22.0. The number of amides is 2.